The minimum absolute atomic E-state index is 0.282. The molecule has 0 aliphatic heterocycles. The quantitative estimate of drug-likeness (QED) is 0.719. The van der Waals surface area contributed by atoms with Crippen LogP contribution in [-0.2, 0) is 11.2 Å². The van der Waals surface area contributed by atoms with E-state index in [1.165, 1.54) is 5.56 Å². The van der Waals surface area contributed by atoms with Crippen molar-refractivity contribution in [3.63, 3.8) is 0 Å². The van der Waals surface area contributed by atoms with Gasteiger partial charge in [0.1, 0.15) is 18.0 Å². The molecule has 1 heterocycles. The van der Waals surface area contributed by atoms with E-state index in [4.69, 9.17) is 4.74 Å². The summed E-state index contributed by atoms with van der Waals surface area (Å²) < 4.78 is 5.22. The van der Waals surface area contributed by atoms with Crippen molar-refractivity contribution in [3.8, 4) is 0 Å². The lowest BCUT2D eigenvalue weighted by Crippen LogP contribution is -2.25. The predicted molar refractivity (Wildman–Crippen MR) is 79.8 cm³/mol. The van der Waals surface area contributed by atoms with Crippen molar-refractivity contribution >= 4 is 11.6 Å². The molecule has 0 fully saturated rings. The van der Waals surface area contributed by atoms with Crippen molar-refractivity contribution < 1.29 is 4.74 Å². The molecule has 0 spiro atoms. The lowest BCUT2D eigenvalue weighted by atomic mass is 10.1. The molecular weight excluding hydrogens is 240 g/mol. The molecule has 1 aromatic rings. The van der Waals surface area contributed by atoms with Crippen LogP contribution in [0.15, 0.2) is 6.33 Å². The molecule has 1 unspecified atom stereocenters. The molecule has 19 heavy (non-hydrogen) atoms. The number of nitrogens with zero attached hydrogens (tertiary/aromatic N) is 2. The first kappa shape index (κ1) is 15.7. The lowest BCUT2D eigenvalue weighted by molar-refractivity contribution is 0.184. The van der Waals surface area contributed by atoms with Crippen LogP contribution in [0.1, 0.15) is 39.2 Å². The molecule has 0 saturated carbocycles. The van der Waals surface area contributed by atoms with Crippen LogP contribution < -0.4 is 10.6 Å². The maximum Gasteiger partial charge on any atom is 0.135 e. The van der Waals surface area contributed by atoms with Gasteiger partial charge in [-0.2, -0.15) is 0 Å². The van der Waals surface area contributed by atoms with Gasteiger partial charge < -0.3 is 15.4 Å². The fraction of sp³-hybridized carbons (Fsp3) is 0.714. The number of hydrogen-bond acceptors (Lipinski definition) is 5. The fourth-order valence-corrected chi connectivity index (χ4v) is 2.00. The Hall–Kier alpha value is -1.36. The van der Waals surface area contributed by atoms with Crippen LogP contribution >= 0.6 is 0 Å². The zero-order chi connectivity index (χ0) is 14.1. The topological polar surface area (TPSA) is 59.1 Å². The number of anilines is 2. The molecular formula is C14H26N4O. The summed E-state index contributed by atoms with van der Waals surface area (Å²) in [6.07, 6.45) is 4.65. The van der Waals surface area contributed by atoms with Gasteiger partial charge in [0, 0.05) is 19.2 Å². The summed E-state index contributed by atoms with van der Waals surface area (Å²) in [6.45, 7) is 7.93. The average Bonchev–Trinajstić information content (AvgIpc) is 2.42. The first-order valence-electron chi connectivity index (χ1n) is 7.09. The molecule has 108 valence electrons. The monoisotopic (exact) mass is 266 g/mol. The van der Waals surface area contributed by atoms with Gasteiger partial charge in [-0.25, -0.2) is 9.97 Å². The summed E-state index contributed by atoms with van der Waals surface area (Å²) in [5, 5.41) is 6.77. The van der Waals surface area contributed by atoms with Gasteiger partial charge in [-0.3, -0.25) is 0 Å². The van der Waals surface area contributed by atoms with Crippen LogP contribution in [0.3, 0.4) is 0 Å². The molecule has 0 aromatic carbocycles. The third-order valence-electron chi connectivity index (χ3n) is 2.99. The molecule has 2 N–H and O–H groups in total. The van der Waals surface area contributed by atoms with E-state index in [0.29, 0.717) is 6.61 Å². The maximum absolute atomic E-state index is 5.22. The minimum atomic E-state index is 0.282. The predicted octanol–water partition coefficient (Wildman–Crippen LogP) is 2.70. The van der Waals surface area contributed by atoms with Crippen LogP contribution in [0.4, 0.5) is 11.6 Å². The number of nitrogens with one attached hydrogen (secondary N) is 2. The van der Waals surface area contributed by atoms with Crippen molar-refractivity contribution in [2.45, 2.75) is 46.1 Å². The van der Waals surface area contributed by atoms with Crippen LogP contribution in [-0.4, -0.2) is 36.3 Å². The second-order valence-corrected chi connectivity index (χ2v) is 4.53. The third-order valence-corrected chi connectivity index (χ3v) is 2.99. The Morgan fingerprint density at radius 2 is 1.95 bits per heavy atom. The van der Waals surface area contributed by atoms with Gasteiger partial charge in [0.25, 0.3) is 0 Å². The van der Waals surface area contributed by atoms with Gasteiger partial charge in [-0.15, -0.1) is 0 Å². The van der Waals surface area contributed by atoms with E-state index >= 15 is 0 Å². The zero-order valence-electron chi connectivity index (χ0n) is 12.5. The highest BCUT2D eigenvalue weighted by molar-refractivity contribution is 5.57. The molecule has 0 aliphatic rings. The summed E-state index contributed by atoms with van der Waals surface area (Å²) in [4.78, 5) is 8.73. The Kier molecular flexibility index (Phi) is 7.18. The van der Waals surface area contributed by atoms with Crippen molar-refractivity contribution in [2.24, 2.45) is 0 Å². The van der Waals surface area contributed by atoms with Gasteiger partial charge in [-0.1, -0.05) is 20.3 Å². The molecule has 1 atom stereocenters. The Morgan fingerprint density at radius 3 is 2.53 bits per heavy atom. The van der Waals surface area contributed by atoms with E-state index in [1.54, 1.807) is 13.4 Å². The van der Waals surface area contributed by atoms with E-state index in [1.807, 2.05) is 0 Å². The molecule has 0 saturated heterocycles. The van der Waals surface area contributed by atoms with E-state index < -0.39 is 0 Å². The summed E-state index contributed by atoms with van der Waals surface area (Å²) in [5.41, 5.74) is 1.17. The average molecular weight is 266 g/mol. The molecule has 0 radical (unpaired) electrons. The van der Waals surface area contributed by atoms with Gasteiger partial charge in [0.2, 0.25) is 0 Å². The maximum atomic E-state index is 5.22. The Balaban J connectivity index is 2.93. The number of ether oxygens (including phenoxy) is 1. The van der Waals surface area contributed by atoms with E-state index in [-0.39, 0.29) is 6.04 Å². The number of rotatable bonds is 9. The molecule has 1 rings (SSSR count). The molecule has 0 aliphatic carbocycles. The van der Waals surface area contributed by atoms with Gasteiger partial charge in [0.05, 0.1) is 12.6 Å². The number of hydrogen-bond donors (Lipinski definition) is 2. The smallest absolute Gasteiger partial charge is 0.135 e. The van der Waals surface area contributed by atoms with Crippen LogP contribution in [0.25, 0.3) is 0 Å². The van der Waals surface area contributed by atoms with Crippen LogP contribution in [0.5, 0.6) is 0 Å². The molecule has 5 nitrogen and oxygen atoms in total. The second kappa shape index (κ2) is 8.69. The summed E-state index contributed by atoms with van der Waals surface area (Å²) >= 11 is 0. The molecule has 0 amide bonds. The number of aromatic nitrogens is 2. The Bertz CT molecular complexity index is 370. The van der Waals surface area contributed by atoms with Gasteiger partial charge in [-0.05, 0) is 19.8 Å². The third kappa shape index (κ3) is 4.67. The summed E-state index contributed by atoms with van der Waals surface area (Å²) in [5.74, 6) is 1.87. The van der Waals surface area contributed by atoms with Crippen molar-refractivity contribution in [3.05, 3.63) is 11.9 Å². The molecule has 0 bridgehead atoms. The van der Waals surface area contributed by atoms with Crippen molar-refractivity contribution in [1.82, 2.24) is 9.97 Å². The van der Waals surface area contributed by atoms with Crippen LogP contribution in [0.2, 0.25) is 0 Å². The fourth-order valence-electron chi connectivity index (χ4n) is 2.00. The second-order valence-electron chi connectivity index (χ2n) is 4.53. The molecule has 5 heteroatoms. The van der Waals surface area contributed by atoms with Gasteiger partial charge >= 0.3 is 0 Å². The van der Waals surface area contributed by atoms with E-state index in [9.17, 15) is 0 Å². The minimum Gasteiger partial charge on any atom is -0.383 e. The Morgan fingerprint density at radius 1 is 1.21 bits per heavy atom. The largest absolute Gasteiger partial charge is 0.383 e. The normalized spacial score (nSPS) is 12.2. The van der Waals surface area contributed by atoms with Crippen molar-refractivity contribution in [2.75, 3.05) is 30.9 Å². The zero-order valence-corrected chi connectivity index (χ0v) is 12.5. The first-order valence-corrected chi connectivity index (χ1v) is 7.09. The van der Waals surface area contributed by atoms with Crippen molar-refractivity contribution in [1.29, 1.82) is 0 Å². The summed E-state index contributed by atoms with van der Waals surface area (Å²) in [6, 6.07) is 0.282. The Labute approximate surface area is 116 Å². The highest BCUT2D eigenvalue weighted by Gasteiger charge is 2.13. The SMILES string of the molecule is CCCc1c(NCC)ncnc1NC(CC)COC. The standard InChI is InChI=1S/C14H26N4O/c1-5-8-12-13(15-7-3)16-10-17-14(12)18-11(6-2)9-19-4/h10-11H,5-9H2,1-4H3,(H2,15,16,17,18). The number of methoxy groups -OCH3 is 1. The highest BCUT2D eigenvalue weighted by Crippen LogP contribution is 2.22. The highest BCUT2D eigenvalue weighted by atomic mass is 16.5. The van der Waals surface area contributed by atoms with E-state index in [0.717, 1.165) is 37.4 Å². The van der Waals surface area contributed by atoms with E-state index in [2.05, 4.69) is 41.4 Å². The van der Waals surface area contributed by atoms with Crippen LogP contribution in [0, 0.1) is 0 Å². The molecule has 1 aromatic heterocycles. The first-order chi connectivity index (χ1) is 9.26. The lowest BCUT2D eigenvalue weighted by Gasteiger charge is -2.20. The van der Waals surface area contributed by atoms with Gasteiger partial charge in [0.15, 0.2) is 0 Å². The summed E-state index contributed by atoms with van der Waals surface area (Å²) in [7, 11) is 1.72.